The molecule has 3 aliphatic heterocycles. The highest BCUT2D eigenvalue weighted by Gasteiger charge is 2.53. The van der Waals surface area contributed by atoms with Crippen LogP contribution in [0.1, 0.15) is 32.6 Å². The van der Waals surface area contributed by atoms with Gasteiger partial charge in [0.15, 0.2) is 0 Å². The van der Waals surface area contributed by atoms with Crippen LogP contribution in [0.2, 0.25) is 0 Å². The maximum Gasteiger partial charge on any atom is 0.251 e. The second kappa shape index (κ2) is 5.64. The van der Waals surface area contributed by atoms with Crippen molar-refractivity contribution in [1.82, 2.24) is 14.9 Å². The van der Waals surface area contributed by atoms with Crippen LogP contribution >= 0.6 is 0 Å². The first kappa shape index (κ1) is 16.0. The third-order valence-corrected chi connectivity index (χ3v) is 6.21. The van der Waals surface area contributed by atoms with Gasteiger partial charge in [-0.15, -0.1) is 0 Å². The first-order chi connectivity index (χ1) is 12.5. The van der Waals surface area contributed by atoms with Crippen molar-refractivity contribution in [2.24, 2.45) is 0 Å². The lowest BCUT2D eigenvalue weighted by Crippen LogP contribution is -2.63. The Labute approximate surface area is 153 Å². The van der Waals surface area contributed by atoms with Gasteiger partial charge >= 0.3 is 0 Å². The van der Waals surface area contributed by atoms with E-state index < -0.39 is 0 Å². The summed E-state index contributed by atoms with van der Waals surface area (Å²) in [6.07, 6.45) is 5.75. The highest BCUT2D eigenvalue weighted by atomic mass is 16.5. The molecule has 26 heavy (non-hydrogen) atoms. The van der Waals surface area contributed by atoms with Crippen LogP contribution in [0.3, 0.4) is 0 Å². The monoisotopic (exact) mass is 352 g/mol. The highest BCUT2D eigenvalue weighted by molar-refractivity contribution is 5.81. The molecule has 1 aromatic carbocycles. The van der Waals surface area contributed by atoms with Gasteiger partial charge in [0, 0.05) is 25.7 Å². The number of likely N-dealkylation sites (N-methyl/N-ethyl adjacent to an activating group) is 1. The van der Waals surface area contributed by atoms with Crippen molar-refractivity contribution in [3.63, 3.8) is 0 Å². The number of para-hydroxylation sites is 2. The zero-order chi connectivity index (χ0) is 17.9. The molecule has 136 valence electrons. The maximum absolute atomic E-state index is 12.1. The van der Waals surface area contributed by atoms with E-state index in [1.165, 1.54) is 0 Å². The van der Waals surface area contributed by atoms with Crippen molar-refractivity contribution in [2.45, 2.75) is 56.4 Å². The number of hydrogen-bond acceptors (Lipinski definition) is 5. The SMILES string of the molecule is CC1OC2(CC3CCC(C2)N3c2cnc3ccccc3n2)CN(C)C1=O. The van der Waals surface area contributed by atoms with Crippen molar-refractivity contribution in [3.8, 4) is 0 Å². The number of fused-ring (bicyclic) bond motifs is 3. The predicted molar refractivity (Wildman–Crippen MR) is 99.0 cm³/mol. The molecule has 3 unspecified atom stereocenters. The Bertz CT molecular complexity index is 840. The molecule has 0 saturated carbocycles. The van der Waals surface area contributed by atoms with Crippen molar-refractivity contribution in [2.75, 3.05) is 18.5 Å². The molecule has 6 nitrogen and oxygen atoms in total. The second-order valence-electron chi connectivity index (χ2n) is 8.05. The molecule has 0 aliphatic carbocycles. The van der Waals surface area contributed by atoms with Gasteiger partial charge in [0.25, 0.3) is 5.91 Å². The number of amides is 1. The van der Waals surface area contributed by atoms with Crippen LogP contribution < -0.4 is 4.90 Å². The largest absolute Gasteiger partial charge is 0.360 e. The summed E-state index contributed by atoms with van der Waals surface area (Å²) in [5, 5.41) is 0. The van der Waals surface area contributed by atoms with Crippen LogP contribution in [-0.2, 0) is 9.53 Å². The van der Waals surface area contributed by atoms with Gasteiger partial charge in [-0.2, -0.15) is 0 Å². The lowest BCUT2D eigenvalue weighted by molar-refractivity contribution is -0.184. The van der Waals surface area contributed by atoms with E-state index in [0.717, 1.165) is 42.5 Å². The number of hydrogen-bond donors (Lipinski definition) is 0. The number of aromatic nitrogens is 2. The van der Waals surface area contributed by atoms with Crippen LogP contribution in [0.25, 0.3) is 11.0 Å². The van der Waals surface area contributed by atoms with Gasteiger partial charge in [-0.25, -0.2) is 4.98 Å². The van der Waals surface area contributed by atoms with E-state index in [1.807, 2.05) is 49.3 Å². The van der Waals surface area contributed by atoms with E-state index in [2.05, 4.69) is 9.88 Å². The van der Waals surface area contributed by atoms with Crippen LogP contribution in [0.15, 0.2) is 30.5 Å². The molecule has 6 heteroatoms. The quantitative estimate of drug-likeness (QED) is 0.789. The molecule has 2 bridgehead atoms. The summed E-state index contributed by atoms with van der Waals surface area (Å²) in [4.78, 5) is 25.9. The smallest absolute Gasteiger partial charge is 0.251 e. The Hall–Kier alpha value is -2.21. The Morgan fingerprint density at radius 2 is 1.85 bits per heavy atom. The van der Waals surface area contributed by atoms with Crippen molar-refractivity contribution in [1.29, 1.82) is 0 Å². The van der Waals surface area contributed by atoms with E-state index >= 15 is 0 Å². The standard InChI is InChI=1S/C20H24N4O2/c1-13-19(25)23(2)12-20(26-13)9-14-7-8-15(10-20)24(14)18-11-21-16-5-3-4-6-17(16)22-18/h3-6,11,13-15H,7-10,12H2,1-2H3. The zero-order valence-electron chi connectivity index (χ0n) is 15.3. The van der Waals surface area contributed by atoms with E-state index in [4.69, 9.17) is 9.72 Å². The van der Waals surface area contributed by atoms with E-state index in [9.17, 15) is 4.79 Å². The van der Waals surface area contributed by atoms with Gasteiger partial charge < -0.3 is 14.5 Å². The third-order valence-electron chi connectivity index (χ3n) is 6.21. The minimum Gasteiger partial charge on any atom is -0.360 e. The van der Waals surface area contributed by atoms with Crippen LogP contribution in [0.5, 0.6) is 0 Å². The molecule has 3 aliphatic rings. The maximum atomic E-state index is 12.1. The number of ether oxygens (including phenoxy) is 1. The van der Waals surface area contributed by atoms with E-state index in [-0.39, 0.29) is 17.6 Å². The summed E-state index contributed by atoms with van der Waals surface area (Å²) in [7, 11) is 1.90. The van der Waals surface area contributed by atoms with Gasteiger partial charge in [-0.05, 0) is 44.7 Å². The molecule has 3 saturated heterocycles. The van der Waals surface area contributed by atoms with Gasteiger partial charge in [-0.3, -0.25) is 9.78 Å². The molecule has 1 amide bonds. The van der Waals surface area contributed by atoms with Crippen molar-refractivity contribution < 1.29 is 9.53 Å². The number of morpholine rings is 1. The minimum absolute atomic E-state index is 0.0887. The molecule has 0 radical (unpaired) electrons. The first-order valence-electron chi connectivity index (χ1n) is 9.48. The lowest BCUT2D eigenvalue weighted by atomic mass is 9.84. The zero-order valence-corrected chi connectivity index (χ0v) is 15.3. The topological polar surface area (TPSA) is 58.6 Å². The van der Waals surface area contributed by atoms with Crippen molar-refractivity contribution >= 4 is 22.8 Å². The normalized spacial score (nSPS) is 34.1. The number of carbonyl (C=O) groups excluding carboxylic acids is 1. The Kier molecular flexibility index (Phi) is 3.47. The summed E-state index contributed by atoms with van der Waals surface area (Å²) in [5.41, 5.74) is 1.66. The van der Waals surface area contributed by atoms with Crippen LogP contribution in [0, 0.1) is 0 Å². The number of piperidine rings is 1. The van der Waals surface area contributed by atoms with E-state index in [0.29, 0.717) is 18.6 Å². The molecular weight excluding hydrogens is 328 g/mol. The number of anilines is 1. The van der Waals surface area contributed by atoms with Gasteiger partial charge in [-0.1, -0.05) is 12.1 Å². The van der Waals surface area contributed by atoms with Crippen LogP contribution in [-0.4, -0.2) is 58.2 Å². The van der Waals surface area contributed by atoms with Gasteiger partial charge in [0.1, 0.15) is 11.9 Å². The highest BCUT2D eigenvalue weighted by Crippen LogP contribution is 2.46. The molecule has 4 heterocycles. The molecule has 0 N–H and O–H groups in total. The second-order valence-corrected chi connectivity index (χ2v) is 8.05. The molecule has 3 fully saturated rings. The Morgan fingerprint density at radius 3 is 2.54 bits per heavy atom. The van der Waals surface area contributed by atoms with Gasteiger partial charge in [0.05, 0.1) is 22.8 Å². The van der Waals surface area contributed by atoms with Crippen molar-refractivity contribution in [3.05, 3.63) is 30.5 Å². The molecule has 3 atom stereocenters. The fourth-order valence-electron chi connectivity index (χ4n) is 5.26. The van der Waals surface area contributed by atoms with Crippen LogP contribution in [0.4, 0.5) is 5.82 Å². The summed E-state index contributed by atoms with van der Waals surface area (Å²) in [6, 6.07) is 8.81. The van der Waals surface area contributed by atoms with Gasteiger partial charge in [0.2, 0.25) is 0 Å². The Balaban J connectivity index is 1.44. The summed E-state index contributed by atoms with van der Waals surface area (Å²) in [6.45, 7) is 2.57. The lowest BCUT2D eigenvalue weighted by Gasteiger charge is -2.51. The molecular formula is C20H24N4O2. The minimum atomic E-state index is -0.347. The Morgan fingerprint density at radius 1 is 1.15 bits per heavy atom. The first-order valence-corrected chi connectivity index (χ1v) is 9.48. The predicted octanol–water partition coefficient (Wildman–Crippen LogP) is 2.38. The summed E-state index contributed by atoms with van der Waals surface area (Å²) >= 11 is 0. The number of benzene rings is 1. The number of nitrogens with zero attached hydrogens (tertiary/aromatic N) is 4. The summed E-state index contributed by atoms with van der Waals surface area (Å²) < 4.78 is 6.28. The molecule has 1 aromatic heterocycles. The number of carbonyl (C=O) groups is 1. The fraction of sp³-hybridized carbons (Fsp3) is 0.550. The molecule has 1 spiro atoms. The van der Waals surface area contributed by atoms with E-state index in [1.54, 1.807) is 0 Å². The fourth-order valence-corrected chi connectivity index (χ4v) is 5.26. The molecule has 5 rings (SSSR count). The third kappa shape index (κ3) is 2.39. The summed E-state index contributed by atoms with van der Waals surface area (Å²) in [5.74, 6) is 1.06. The average molecular weight is 352 g/mol. The number of rotatable bonds is 1. The average Bonchev–Trinajstić information content (AvgIpc) is 2.91. The molecule has 2 aromatic rings.